The number of rotatable bonds is 6. The predicted octanol–water partition coefficient (Wildman–Crippen LogP) is 3.95. The van der Waals surface area contributed by atoms with Gasteiger partial charge in [-0.1, -0.05) is 39.0 Å². The van der Waals surface area contributed by atoms with Gasteiger partial charge in [0.1, 0.15) is 12.2 Å². The Bertz CT molecular complexity index is 637. The zero-order valence-corrected chi connectivity index (χ0v) is 17.3. The third-order valence-corrected chi connectivity index (χ3v) is 6.69. The van der Waals surface area contributed by atoms with Crippen LogP contribution < -0.4 is 0 Å². The van der Waals surface area contributed by atoms with E-state index in [1.807, 2.05) is 13.8 Å². The van der Waals surface area contributed by atoms with Crippen molar-refractivity contribution in [1.82, 2.24) is 0 Å². The summed E-state index contributed by atoms with van der Waals surface area (Å²) in [6.45, 7) is 6.14. The molecule has 0 bridgehead atoms. The average molecular weight is 391 g/mol. The molecule has 0 aromatic heterocycles. The topological polar surface area (TPSA) is 72.8 Å². The number of ether oxygens (including phenoxy) is 2. The molecule has 3 rings (SSSR count). The first kappa shape index (κ1) is 21.1. The Morgan fingerprint density at radius 2 is 2.18 bits per heavy atom. The van der Waals surface area contributed by atoms with Gasteiger partial charge in [0.25, 0.3) is 0 Å². The molecule has 7 atom stereocenters. The summed E-state index contributed by atoms with van der Waals surface area (Å²) in [5.41, 5.74) is 1.27. The largest absolute Gasteiger partial charge is 0.462 e. The minimum Gasteiger partial charge on any atom is -0.462 e. The standard InChI is InChI=1S/C23H34O5/c1-4-14(2)23(26)28-20-7-5-6-16-9-8-15(3)19(22(16)20)11-10-18-12-17(24)13-21(25)27-18/h6,8-9,14-15,17-20,22,24H,4-5,7,10-13H2,1-3H3/t14-,15-,17-,18+,19-,20-,22-/m0/s1. The number of hydrogen-bond acceptors (Lipinski definition) is 5. The van der Waals surface area contributed by atoms with Gasteiger partial charge in [-0.3, -0.25) is 9.59 Å². The first-order valence-corrected chi connectivity index (χ1v) is 10.8. The van der Waals surface area contributed by atoms with Crippen LogP contribution in [0.1, 0.15) is 65.7 Å². The molecule has 1 saturated heterocycles. The van der Waals surface area contributed by atoms with Crippen LogP contribution in [-0.2, 0) is 19.1 Å². The second kappa shape index (κ2) is 9.25. The van der Waals surface area contributed by atoms with Crippen molar-refractivity contribution in [3.63, 3.8) is 0 Å². The van der Waals surface area contributed by atoms with Crippen LogP contribution in [0.2, 0.25) is 0 Å². The number of aliphatic hydroxyl groups excluding tert-OH is 1. The lowest BCUT2D eigenvalue weighted by Crippen LogP contribution is -2.40. The van der Waals surface area contributed by atoms with E-state index in [9.17, 15) is 14.7 Å². The lowest BCUT2D eigenvalue weighted by molar-refractivity contribution is -0.162. The van der Waals surface area contributed by atoms with E-state index >= 15 is 0 Å². The van der Waals surface area contributed by atoms with E-state index in [1.54, 1.807) is 0 Å². The van der Waals surface area contributed by atoms with Crippen LogP contribution in [0, 0.1) is 23.7 Å². The van der Waals surface area contributed by atoms with E-state index < -0.39 is 6.10 Å². The van der Waals surface area contributed by atoms with E-state index in [1.165, 1.54) is 5.57 Å². The van der Waals surface area contributed by atoms with Gasteiger partial charge in [0.15, 0.2) is 0 Å². The predicted molar refractivity (Wildman–Crippen MR) is 106 cm³/mol. The molecular weight excluding hydrogens is 356 g/mol. The summed E-state index contributed by atoms with van der Waals surface area (Å²) in [5, 5.41) is 9.86. The van der Waals surface area contributed by atoms with Crippen molar-refractivity contribution >= 4 is 11.9 Å². The summed E-state index contributed by atoms with van der Waals surface area (Å²) >= 11 is 0. The number of aliphatic hydroxyl groups is 1. The molecule has 0 amide bonds. The Hall–Kier alpha value is -1.62. The van der Waals surface area contributed by atoms with Crippen LogP contribution in [0.25, 0.3) is 0 Å². The molecule has 0 aromatic carbocycles. The van der Waals surface area contributed by atoms with E-state index in [-0.39, 0.29) is 42.4 Å². The number of cyclic esters (lactones) is 1. The van der Waals surface area contributed by atoms with E-state index in [4.69, 9.17) is 9.47 Å². The summed E-state index contributed by atoms with van der Waals surface area (Å²) in [4.78, 5) is 24.1. The molecule has 3 aliphatic rings. The summed E-state index contributed by atoms with van der Waals surface area (Å²) in [6, 6.07) is 0. The maximum Gasteiger partial charge on any atom is 0.308 e. The summed E-state index contributed by atoms with van der Waals surface area (Å²) in [5.74, 6) is 0.426. The van der Waals surface area contributed by atoms with Gasteiger partial charge in [-0.15, -0.1) is 0 Å². The maximum absolute atomic E-state index is 12.4. The van der Waals surface area contributed by atoms with Gasteiger partial charge in [0, 0.05) is 12.3 Å². The third kappa shape index (κ3) is 4.86. The molecule has 0 radical (unpaired) electrons. The normalized spacial score (nSPS) is 36.1. The lowest BCUT2D eigenvalue weighted by atomic mass is 9.66. The molecular formula is C23H34O5. The number of esters is 2. The average Bonchev–Trinajstić information content (AvgIpc) is 2.66. The number of hydrogen-bond donors (Lipinski definition) is 1. The van der Waals surface area contributed by atoms with Gasteiger partial charge in [-0.05, 0) is 49.5 Å². The van der Waals surface area contributed by atoms with Crippen LogP contribution in [-0.4, -0.2) is 35.4 Å². The summed E-state index contributed by atoms with van der Waals surface area (Å²) < 4.78 is 11.4. The minimum absolute atomic E-state index is 0.0764. The molecule has 1 N–H and O–H groups in total. The fourth-order valence-corrected chi connectivity index (χ4v) is 4.80. The van der Waals surface area contributed by atoms with Crippen LogP contribution in [0.3, 0.4) is 0 Å². The first-order chi connectivity index (χ1) is 13.4. The Balaban J connectivity index is 1.70. The molecule has 0 unspecified atom stereocenters. The molecule has 1 heterocycles. The van der Waals surface area contributed by atoms with Crippen molar-refractivity contribution in [2.24, 2.45) is 23.7 Å². The van der Waals surface area contributed by atoms with Crippen LogP contribution in [0.4, 0.5) is 0 Å². The van der Waals surface area contributed by atoms with Gasteiger partial charge in [0.05, 0.1) is 18.4 Å². The fraction of sp³-hybridized carbons (Fsp3) is 0.739. The maximum atomic E-state index is 12.4. The van der Waals surface area contributed by atoms with E-state index in [2.05, 4.69) is 25.2 Å². The highest BCUT2D eigenvalue weighted by atomic mass is 16.5. The molecule has 0 saturated carbocycles. The van der Waals surface area contributed by atoms with Crippen LogP contribution in [0.15, 0.2) is 23.8 Å². The first-order valence-electron chi connectivity index (χ1n) is 10.8. The Kier molecular flexibility index (Phi) is 6.97. The molecule has 5 heteroatoms. The third-order valence-electron chi connectivity index (χ3n) is 6.69. The lowest BCUT2D eigenvalue weighted by Gasteiger charge is -2.42. The van der Waals surface area contributed by atoms with Gasteiger partial charge >= 0.3 is 11.9 Å². The van der Waals surface area contributed by atoms with E-state index in [0.717, 1.165) is 32.1 Å². The SMILES string of the molecule is CC[C@H](C)C(=O)O[C@H]1CCC=C2C=C[C@H](C)[C@H](CC[C@@H]3C[C@H](O)CC(=O)O3)[C@H]21. The fourth-order valence-electron chi connectivity index (χ4n) is 4.80. The smallest absolute Gasteiger partial charge is 0.308 e. The van der Waals surface area contributed by atoms with Crippen molar-refractivity contribution in [2.45, 2.75) is 84.0 Å². The summed E-state index contributed by atoms with van der Waals surface area (Å²) in [7, 11) is 0. The molecule has 1 aliphatic heterocycles. The van der Waals surface area contributed by atoms with Crippen LogP contribution >= 0.6 is 0 Å². The van der Waals surface area contributed by atoms with Crippen molar-refractivity contribution in [3.8, 4) is 0 Å². The molecule has 156 valence electrons. The zero-order chi connectivity index (χ0) is 20.3. The second-order valence-corrected chi connectivity index (χ2v) is 8.76. The molecule has 0 aromatic rings. The van der Waals surface area contributed by atoms with Gasteiger partial charge in [-0.25, -0.2) is 0 Å². The molecule has 0 spiro atoms. The number of allylic oxidation sites excluding steroid dienone is 3. The Morgan fingerprint density at radius 3 is 2.89 bits per heavy atom. The van der Waals surface area contributed by atoms with Crippen molar-refractivity contribution in [3.05, 3.63) is 23.8 Å². The highest BCUT2D eigenvalue weighted by Gasteiger charge is 2.40. The molecule has 5 nitrogen and oxygen atoms in total. The quantitative estimate of drug-likeness (QED) is 0.695. The molecule has 28 heavy (non-hydrogen) atoms. The second-order valence-electron chi connectivity index (χ2n) is 8.76. The molecule has 2 aliphatic carbocycles. The van der Waals surface area contributed by atoms with Crippen LogP contribution in [0.5, 0.6) is 0 Å². The molecule has 1 fully saturated rings. The van der Waals surface area contributed by atoms with Crippen molar-refractivity contribution in [1.29, 1.82) is 0 Å². The van der Waals surface area contributed by atoms with Gasteiger partial charge < -0.3 is 14.6 Å². The minimum atomic E-state index is -0.593. The number of fused-ring (bicyclic) bond motifs is 1. The van der Waals surface area contributed by atoms with Gasteiger partial charge in [-0.2, -0.15) is 0 Å². The Labute approximate surface area is 168 Å². The highest BCUT2D eigenvalue weighted by molar-refractivity contribution is 5.72. The van der Waals surface area contributed by atoms with Crippen molar-refractivity contribution in [2.75, 3.05) is 0 Å². The summed E-state index contributed by atoms with van der Waals surface area (Å²) in [6.07, 6.45) is 10.6. The van der Waals surface area contributed by atoms with E-state index in [0.29, 0.717) is 18.3 Å². The number of carbonyl (C=O) groups excluding carboxylic acids is 2. The highest BCUT2D eigenvalue weighted by Crippen LogP contribution is 2.44. The van der Waals surface area contributed by atoms with Crippen molar-refractivity contribution < 1.29 is 24.2 Å². The monoisotopic (exact) mass is 390 g/mol. The van der Waals surface area contributed by atoms with Gasteiger partial charge in [0.2, 0.25) is 0 Å². The Morgan fingerprint density at radius 1 is 1.39 bits per heavy atom. The number of carbonyl (C=O) groups is 2. The zero-order valence-electron chi connectivity index (χ0n) is 17.3.